The number of aromatic nitrogens is 2. The van der Waals surface area contributed by atoms with Gasteiger partial charge >= 0.3 is 0 Å². The van der Waals surface area contributed by atoms with Crippen LogP contribution in [0, 0.1) is 5.82 Å². The maximum absolute atomic E-state index is 12.9. The van der Waals surface area contributed by atoms with Crippen molar-refractivity contribution < 1.29 is 4.39 Å². The van der Waals surface area contributed by atoms with Gasteiger partial charge in [0.15, 0.2) is 0 Å². The molecule has 0 saturated heterocycles. The molecule has 17 heavy (non-hydrogen) atoms. The average molecular weight is 231 g/mol. The zero-order valence-corrected chi connectivity index (χ0v) is 9.65. The molecule has 1 aromatic carbocycles. The van der Waals surface area contributed by atoms with Crippen LogP contribution in [0.4, 0.5) is 10.2 Å². The predicted molar refractivity (Wildman–Crippen MR) is 65.0 cm³/mol. The van der Waals surface area contributed by atoms with Crippen molar-refractivity contribution in [2.45, 2.75) is 18.8 Å². The van der Waals surface area contributed by atoms with Crippen LogP contribution in [-0.2, 0) is 7.05 Å². The largest absolute Gasteiger partial charge is 0.384 e. The third kappa shape index (κ3) is 1.69. The van der Waals surface area contributed by atoms with Crippen molar-refractivity contribution in [1.29, 1.82) is 0 Å². The molecule has 0 spiro atoms. The van der Waals surface area contributed by atoms with Gasteiger partial charge in [-0.2, -0.15) is 5.10 Å². The number of nitrogen functional groups attached to an aromatic ring is 1. The average Bonchev–Trinajstić information content (AvgIpc) is 3.09. The van der Waals surface area contributed by atoms with Crippen LogP contribution in [0.3, 0.4) is 0 Å². The molecule has 1 aliphatic carbocycles. The van der Waals surface area contributed by atoms with Crippen molar-refractivity contribution >= 4 is 5.82 Å². The Hall–Kier alpha value is -1.84. The van der Waals surface area contributed by atoms with Crippen molar-refractivity contribution in [3.63, 3.8) is 0 Å². The van der Waals surface area contributed by atoms with E-state index in [1.165, 1.54) is 25.0 Å². The lowest BCUT2D eigenvalue weighted by molar-refractivity contribution is 0.628. The van der Waals surface area contributed by atoms with Crippen LogP contribution in [0.25, 0.3) is 11.3 Å². The van der Waals surface area contributed by atoms with Crippen LogP contribution >= 0.6 is 0 Å². The summed E-state index contributed by atoms with van der Waals surface area (Å²) in [5.41, 5.74) is 8.99. The third-order valence-corrected chi connectivity index (χ3v) is 3.23. The van der Waals surface area contributed by atoms with E-state index >= 15 is 0 Å². The lowest BCUT2D eigenvalue weighted by Crippen LogP contribution is -1.98. The van der Waals surface area contributed by atoms with Gasteiger partial charge in [-0.25, -0.2) is 4.39 Å². The van der Waals surface area contributed by atoms with Crippen molar-refractivity contribution in [3.8, 4) is 11.3 Å². The van der Waals surface area contributed by atoms with Crippen LogP contribution < -0.4 is 5.73 Å². The maximum atomic E-state index is 12.9. The summed E-state index contributed by atoms with van der Waals surface area (Å²) >= 11 is 0. The number of nitrogens with two attached hydrogens (primary N) is 1. The molecule has 0 bridgehead atoms. The van der Waals surface area contributed by atoms with Gasteiger partial charge in [0.2, 0.25) is 0 Å². The van der Waals surface area contributed by atoms with Crippen LogP contribution in [0.15, 0.2) is 24.3 Å². The molecule has 0 amide bonds. The number of anilines is 1. The van der Waals surface area contributed by atoms with E-state index in [4.69, 9.17) is 5.73 Å². The van der Waals surface area contributed by atoms with E-state index in [-0.39, 0.29) is 5.82 Å². The highest BCUT2D eigenvalue weighted by atomic mass is 19.1. The van der Waals surface area contributed by atoms with Gasteiger partial charge in [0.1, 0.15) is 11.6 Å². The Kier molecular flexibility index (Phi) is 2.18. The molecule has 1 aromatic heterocycles. The first-order valence-corrected chi connectivity index (χ1v) is 5.75. The number of aryl methyl sites for hydroxylation is 1. The standard InChI is InChI=1S/C13H14FN3/c1-17-13(15)11(8-2-3-8)12(16-17)9-4-6-10(14)7-5-9/h4-8H,2-3,15H2,1H3. The quantitative estimate of drug-likeness (QED) is 0.863. The highest BCUT2D eigenvalue weighted by Gasteiger charge is 2.31. The molecule has 88 valence electrons. The molecule has 0 aliphatic heterocycles. The number of nitrogens with zero attached hydrogens (tertiary/aromatic N) is 2. The van der Waals surface area contributed by atoms with E-state index in [0.717, 1.165) is 22.6 Å². The minimum Gasteiger partial charge on any atom is -0.384 e. The summed E-state index contributed by atoms with van der Waals surface area (Å²) in [6.45, 7) is 0. The van der Waals surface area contributed by atoms with Gasteiger partial charge in [-0.1, -0.05) is 0 Å². The number of halogens is 1. The lowest BCUT2D eigenvalue weighted by atomic mass is 10.0. The Morgan fingerprint density at radius 3 is 2.53 bits per heavy atom. The fourth-order valence-electron chi connectivity index (χ4n) is 2.15. The Morgan fingerprint density at radius 2 is 1.94 bits per heavy atom. The summed E-state index contributed by atoms with van der Waals surface area (Å²) in [7, 11) is 1.84. The first-order valence-electron chi connectivity index (χ1n) is 5.75. The fourth-order valence-corrected chi connectivity index (χ4v) is 2.15. The van der Waals surface area contributed by atoms with E-state index < -0.39 is 0 Å². The second kappa shape index (κ2) is 3.58. The molecule has 3 rings (SSSR count). The SMILES string of the molecule is Cn1nc(-c2ccc(F)cc2)c(C2CC2)c1N. The Balaban J connectivity index is 2.13. The smallest absolute Gasteiger partial charge is 0.125 e. The van der Waals surface area contributed by atoms with E-state index in [9.17, 15) is 4.39 Å². The maximum Gasteiger partial charge on any atom is 0.125 e. The first-order chi connectivity index (χ1) is 8.16. The van der Waals surface area contributed by atoms with Crippen LogP contribution in [0.5, 0.6) is 0 Å². The number of rotatable bonds is 2. The van der Waals surface area contributed by atoms with Gasteiger partial charge in [0.25, 0.3) is 0 Å². The Labute approximate surface area is 99.1 Å². The second-order valence-corrected chi connectivity index (χ2v) is 4.55. The van der Waals surface area contributed by atoms with Crippen molar-refractivity contribution in [2.24, 2.45) is 7.05 Å². The molecular weight excluding hydrogens is 217 g/mol. The molecule has 2 N–H and O–H groups in total. The Bertz CT molecular complexity index is 553. The number of benzene rings is 1. The van der Waals surface area contributed by atoms with Crippen molar-refractivity contribution in [3.05, 3.63) is 35.6 Å². The summed E-state index contributed by atoms with van der Waals surface area (Å²) in [6, 6.07) is 6.42. The molecule has 1 heterocycles. The third-order valence-electron chi connectivity index (χ3n) is 3.23. The lowest BCUT2D eigenvalue weighted by Gasteiger charge is -2.01. The summed E-state index contributed by atoms with van der Waals surface area (Å²) < 4.78 is 14.6. The van der Waals surface area contributed by atoms with Crippen molar-refractivity contribution in [1.82, 2.24) is 9.78 Å². The number of hydrogen-bond acceptors (Lipinski definition) is 2. The monoisotopic (exact) mass is 231 g/mol. The van der Waals surface area contributed by atoms with E-state index in [2.05, 4.69) is 5.10 Å². The molecule has 2 aromatic rings. The Morgan fingerprint density at radius 1 is 1.29 bits per heavy atom. The van der Waals surface area contributed by atoms with Gasteiger partial charge in [-0.3, -0.25) is 4.68 Å². The molecule has 1 fully saturated rings. The highest BCUT2D eigenvalue weighted by molar-refractivity contribution is 5.70. The fraction of sp³-hybridized carbons (Fsp3) is 0.308. The van der Waals surface area contributed by atoms with Crippen LogP contribution in [0.2, 0.25) is 0 Å². The zero-order chi connectivity index (χ0) is 12.0. The van der Waals surface area contributed by atoms with Crippen LogP contribution in [-0.4, -0.2) is 9.78 Å². The zero-order valence-electron chi connectivity index (χ0n) is 9.65. The second-order valence-electron chi connectivity index (χ2n) is 4.55. The molecule has 1 saturated carbocycles. The van der Waals surface area contributed by atoms with Crippen molar-refractivity contribution in [2.75, 3.05) is 5.73 Å². The van der Waals surface area contributed by atoms with Gasteiger partial charge in [0, 0.05) is 18.2 Å². The van der Waals surface area contributed by atoms with Gasteiger partial charge in [-0.15, -0.1) is 0 Å². The summed E-state index contributed by atoms with van der Waals surface area (Å²) in [4.78, 5) is 0. The van der Waals surface area contributed by atoms with Crippen LogP contribution in [0.1, 0.15) is 24.3 Å². The minimum absolute atomic E-state index is 0.231. The summed E-state index contributed by atoms with van der Waals surface area (Å²) in [6.07, 6.45) is 2.34. The molecule has 3 nitrogen and oxygen atoms in total. The topological polar surface area (TPSA) is 43.8 Å². The van der Waals surface area contributed by atoms with E-state index in [0.29, 0.717) is 5.92 Å². The minimum atomic E-state index is -0.231. The van der Waals surface area contributed by atoms with Gasteiger partial charge in [-0.05, 0) is 43.0 Å². The summed E-state index contributed by atoms with van der Waals surface area (Å²) in [5, 5.41) is 4.44. The molecular formula is C13H14FN3. The molecule has 4 heteroatoms. The normalized spacial score (nSPS) is 15.2. The molecule has 0 radical (unpaired) electrons. The number of hydrogen-bond donors (Lipinski definition) is 1. The first kappa shape index (κ1) is 10.3. The molecule has 1 aliphatic rings. The summed E-state index contributed by atoms with van der Waals surface area (Å²) in [5.74, 6) is 1.03. The van der Waals surface area contributed by atoms with Gasteiger partial charge < -0.3 is 5.73 Å². The van der Waals surface area contributed by atoms with Gasteiger partial charge in [0.05, 0.1) is 5.69 Å². The molecule has 0 unspecified atom stereocenters. The highest BCUT2D eigenvalue weighted by Crippen LogP contribution is 2.46. The molecule has 0 atom stereocenters. The van der Waals surface area contributed by atoms with E-state index in [1.807, 2.05) is 7.05 Å². The predicted octanol–water partition coefficient (Wildman–Crippen LogP) is 2.69. The van der Waals surface area contributed by atoms with E-state index in [1.54, 1.807) is 16.8 Å².